The molecule has 0 aliphatic rings. The van der Waals surface area contributed by atoms with Gasteiger partial charge in [0.15, 0.2) is 0 Å². The van der Waals surface area contributed by atoms with E-state index in [1.165, 1.54) is 0 Å². The van der Waals surface area contributed by atoms with E-state index in [0.717, 1.165) is 12.8 Å². The highest BCUT2D eigenvalue weighted by Crippen LogP contribution is 2.53. The maximum Gasteiger partial charge on any atom is 0.380 e. The molecule has 0 saturated carbocycles. The summed E-state index contributed by atoms with van der Waals surface area (Å²) in [6.45, 7) is -0.749. The van der Waals surface area contributed by atoms with Crippen molar-refractivity contribution in [2.24, 2.45) is 0 Å². The minimum Gasteiger partial charge on any atom is -0.390 e. The van der Waals surface area contributed by atoms with Crippen molar-refractivity contribution >= 4 is 0 Å². The Morgan fingerprint density at radius 2 is 1.05 bits per heavy atom. The summed E-state index contributed by atoms with van der Waals surface area (Å²) >= 11 is 0. The van der Waals surface area contributed by atoms with Crippen molar-refractivity contribution in [3.8, 4) is 0 Å². The number of hydrogen-bond donors (Lipinski definition) is 1. The molecule has 134 valence electrons. The van der Waals surface area contributed by atoms with Crippen LogP contribution in [-0.4, -0.2) is 35.4 Å². The Labute approximate surface area is 123 Å². The summed E-state index contributed by atoms with van der Waals surface area (Å²) in [4.78, 5) is 0. The van der Waals surface area contributed by atoms with Gasteiger partial charge in [0, 0.05) is 6.42 Å². The maximum absolute atomic E-state index is 13.3. The second-order valence-electron chi connectivity index (χ2n) is 5.23. The molecule has 0 unspecified atom stereocenters. The van der Waals surface area contributed by atoms with Gasteiger partial charge in [-0.2, -0.15) is 35.1 Å². The van der Waals surface area contributed by atoms with Crippen LogP contribution in [0, 0.1) is 0 Å². The van der Waals surface area contributed by atoms with Crippen LogP contribution < -0.4 is 0 Å². The molecule has 1 nitrogen and oxygen atoms in total. The smallest absolute Gasteiger partial charge is 0.380 e. The summed E-state index contributed by atoms with van der Waals surface area (Å²) in [5, 5.41) is 8.05. The van der Waals surface area contributed by atoms with Crippen LogP contribution in [0.15, 0.2) is 0 Å². The second-order valence-corrected chi connectivity index (χ2v) is 5.23. The molecule has 0 fully saturated rings. The highest BCUT2D eigenvalue weighted by atomic mass is 19.4. The summed E-state index contributed by atoms with van der Waals surface area (Å²) in [6.07, 6.45) is 0.879. The van der Waals surface area contributed by atoms with Crippen LogP contribution in [-0.2, 0) is 0 Å². The van der Waals surface area contributed by atoms with Crippen LogP contribution in [0.2, 0.25) is 0 Å². The molecule has 0 spiro atoms. The van der Waals surface area contributed by atoms with Gasteiger partial charge in [-0.15, -0.1) is 0 Å². The molecule has 0 aliphatic carbocycles. The summed E-state index contributed by atoms with van der Waals surface area (Å²) in [5.41, 5.74) is 0. The van der Waals surface area contributed by atoms with Crippen LogP contribution in [0.3, 0.4) is 0 Å². The third-order valence-electron chi connectivity index (χ3n) is 3.36. The molecular weight excluding hydrogens is 324 g/mol. The second kappa shape index (κ2) is 7.79. The van der Waals surface area contributed by atoms with E-state index >= 15 is 0 Å². The van der Waals surface area contributed by atoms with Crippen LogP contribution >= 0.6 is 0 Å². The number of rotatable bonds is 11. The Kier molecular flexibility index (Phi) is 7.57. The van der Waals surface area contributed by atoms with Gasteiger partial charge in [-0.3, -0.25) is 0 Å². The van der Waals surface area contributed by atoms with Crippen LogP contribution in [0.4, 0.5) is 35.1 Å². The topological polar surface area (TPSA) is 20.2 Å². The number of aliphatic hydroxyl groups is 1. The first-order chi connectivity index (χ1) is 9.87. The maximum atomic E-state index is 13.3. The molecule has 0 rings (SSSR count). The lowest BCUT2D eigenvalue weighted by Gasteiger charge is -2.36. The van der Waals surface area contributed by atoms with E-state index in [9.17, 15) is 35.1 Å². The highest BCUT2D eigenvalue weighted by Gasteiger charge is 2.79. The predicted octanol–water partition coefficient (Wildman–Crippen LogP) is 5.27. The molecule has 0 atom stereocenters. The number of halogens is 8. The zero-order chi connectivity index (χ0) is 17.7. The Balaban J connectivity index is 4.79. The molecular formula is C13H20F8O. The van der Waals surface area contributed by atoms with E-state index in [0.29, 0.717) is 12.8 Å². The average Bonchev–Trinajstić information content (AvgIpc) is 2.41. The largest absolute Gasteiger partial charge is 0.390 e. The minimum atomic E-state index is -6.35. The molecule has 0 aliphatic heterocycles. The van der Waals surface area contributed by atoms with Gasteiger partial charge in [-0.05, 0) is 6.42 Å². The molecule has 0 amide bonds. The third-order valence-corrected chi connectivity index (χ3v) is 3.36. The molecule has 0 aromatic heterocycles. The Bertz CT molecular complexity index is 330. The van der Waals surface area contributed by atoms with E-state index < -0.39 is 43.1 Å². The van der Waals surface area contributed by atoms with Gasteiger partial charge in [0.1, 0.15) is 6.61 Å². The van der Waals surface area contributed by atoms with Gasteiger partial charge in [-0.25, -0.2) is 0 Å². The number of hydrogen-bond acceptors (Lipinski definition) is 1. The summed E-state index contributed by atoms with van der Waals surface area (Å²) in [6, 6.07) is 0. The van der Waals surface area contributed by atoms with Crippen LogP contribution in [0.5, 0.6) is 0 Å². The molecule has 0 saturated heterocycles. The van der Waals surface area contributed by atoms with Crippen LogP contribution in [0.25, 0.3) is 0 Å². The molecule has 9 heteroatoms. The van der Waals surface area contributed by atoms with Gasteiger partial charge in [0.2, 0.25) is 0 Å². The molecule has 22 heavy (non-hydrogen) atoms. The number of alkyl halides is 8. The Morgan fingerprint density at radius 3 is 1.50 bits per heavy atom. The monoisotopic (exact) mass is 344 g/mol. The van der Waals surface area contributed by atoms with E-state index in [4.69, 9.17) is 5.11 Å². The van der Waals surface area contributed by atoms with Crippen LogP contribution in [0.1, 0.15) is 51.9 Å². The van der Waals surface area contributed by atoms with Crippen molar-refractivity contribution in [3.05, 3.63) is 0 Å². The highest BCUT2D eigenvalue weighted by molar-refractivity contribution is 5.03. The van der Waals surface area contributed by atoms with Gasteiger partial charge < -0.3 is 5.11 Å². The quantitative estimate of drug-likeness (QED) is 0.400. The van der Waals surface area contributed by atoms with Gasteiger partial charge >= 0.3 is 23.7 Å². The lowest BCUT2D eigenvalue weighted by molar-refractivity contribution is -0.371. The first-order valence-corrected chi connectivity index (χ1v) is 6.99. The lowest BCUT2D eigenvalue weighted by Crippen LogP contribution is -2.63. The standard InChI is InChI=1S/C13H20F8O/c1-2-3-4-5-6-7-8-10(14,15)12(18,19)13(20,21)11(16,17)9-22/h22H,2-9H2,1H3. The molecule has 0 radical (unpaired) electrons. The first-order valence-electron chi connectivity index (χ1n) is 6.99. The fraction of sp³-hybridized carbons (Fsp3) is 1.00. The molecule has 0 aromatic carbocycles. The Morgan fingerprint density at radius 1 is 0.636 bits per heavy atom. The average molecular weight is 344 g/mol. The van der Waals surface area contributed by atoms with Crippen molar-refractivity contribution in [1.82, 2.24) is 0 Å². The molecule has 0 aromatic rings. The third kappa shape index (κ3) is 4.45. The number of aliphatic hydroxyl groups excluding tert-OH is 1. The van der Waals surface area contributed by atoms with E-state index in [2.05, 4.69) is 0 Å². The van der Waals surface area contributed by atoms with E-state index in [1.54, 1.807) is 0 Å². The predicted molar refractivity (Wildman–Crippen MR) is 64.9 cm³/mol. The number of unbranched alkanes of at least 4 members (excludes halogenated alkanes) is 5. The first kappa shape index (κ1) is 21.4. The zero-order valence-electron chi connectivity index (χ0n) is 12.1. The van der Waals surface area contributed by atoms with Crippen molar-refractivity contribution in [2.75, 3.05) is 6.61 Å². The van der Waals surface area contributed by atoms with Gasteiger partial charge in [-0.1, -0.05) is 39.0 Å². The van der Waals surface area contributed by atoms with E-state index in [1.807, 2.05) is 6.92 Å². The summed E-state index contributed by atoms with van der Waals surface area (Å²) < 4.78 is 104. The van der Waals surface area contributed by atoms with Crippen molar-refractivity contribution in [2.45, 2.75) is 75.6 Å². The molecule has 0 heterocycles. The van der Waals surface area contributed by atoms with Crippen molar-refractivity contribution < 1.29 is 40.2 Å². The molecule has 0 bridgehead atoms. The Hall–Kier alpha value is -0.600. The van der Waals surface area contributed by atoms with Crippen molar-refractivity contribution in [3.63, 3.8) is 0 Å². The van der Waals surface area contributed by atoms with Crippen molar-refractivity contribution in [1.29, 1.82) is 0 Å². The molecule has 1 N–H and O–H groups in total. The SMILES string of the molecule is CCCCCCCCC(F)(F)C(F)(F)C(F)(F)C(F)(F)CO. The summed E-state index contributed by atoms with van der Waals surface area (Å²) in [7, 11) is 0. The van der Waals surface area contributed by atoms with Gasteiger partial charge in [0.05, 0.1) is 0 Å². The normalized spacial score (nSPS) is 14.5. The zero-order valence-corrected chi connectivity index (χ0v) is 12.1. The fourth-order valence-corrected chi connectivity index (χ4v) is 1.84. The van der Waals surface area contributed by atoms with Gasteiger partial charge in [0.25, 0.3) is 0 Å². The minimum absolute atomic E-state index is 0.119. The summed E-state index contributed by atoms with van der Waals surface area (Å²) in [5.74, 6) is -23.5. The fourth-order valence-electron chi connectivity index (χ4n) is 1.84. The lowest BCUT2D eigenvalue weighted by atomic mass is 9.95. The van der Waals surface area contributed by atoms with E-state index in [-0.39, 0.29) is 6.42 Å².